The number of rotatable bonds is 0. The Hall–Kier alpha value is -6.09. The Balaban J connectivity index is 0.000000173. The summed E-state index contributed by atoms with van der Waals surface area (Å²) in [6.07, 6.45) is 7.25. The SMILES string of the molecule is C.CC(C)(C)c1ccc2c(N)nccc2c1.CC(C)(C)c1ccc2c(N)nncc2c1.CC(C)(C)c1ccc2cnccc2c1.CC(C)(C)c1ccc2nc(N)[nH]c2c1. The number of fused-ring (bicyclic) bond motifs is 4. The second kappa shape index (κ2) is 17.8. The van der Waals surface area contributed by atoms with E-state index in [1.165, 1.54) is 33.0 Å². The fourth-order valence-electron chi connectivity index (χ4n) is 6.29. The van der Waals surface area contributed by atoms with Gasteiger partial charge in [0.25, 0.3) is 0 Å². The summed E-state index contributed by atoms with van der Waals surface area (Å²) in [6.45, 7) is 26.4. The summed E-state index contributed by atoms with van der Waals surface area (Å²) in [6, 6.07) is 29.5. The highest BCUT2D eigenvalue weighted by Crippen LogP contribution is 2.30. The lowest BCUT2D eigenvalue weighted by Gasteiger charge is -2.19. The Morgan fingerprint density at radius 2 is 0.966 bits per heavy atom. The Labute approximate surface area is 351 Å². The van der Waals surface area contributed by atoms with Crippen molar-refractivity contribution in [2.45, 2.75) is 112 Å². The van der Waals surface area contributed by atoms with Gasteiger partial charge in [0, 0.05) is 40.1 Å². The maximum Gasteiger partial charge on any atom is 0.198 e. The number of aromatic nitrogens is 6. The van der Waals surface area contributed by atoms with Crippen molar-refractivity contribution in [2.24, 2.45) is 0 Å². The van der Waals surface area contributed by atoms with Gasteiger partial charge in [0.15, 0.2) is 11.8 Å². The average molecular weight is 792 g/mol. The van der Waals surface area contributed by atoms with Crippen LogP contribution < -0.4 is 17.2 Å². The molecule has 4 heterocycles. The first-order valence-electron chi connectivity index (χ1n) is 19.8. The molecule has 7 N–H and O–H groups in total. The minimum Gasteiger partial charge on any atom is -0.383 e. The van der Waals surface area contributed by atoms with E-state index in [9.17, 15) is 0 Å². The van der Waals surface area contributed by atoms with Crippen molar-refractivity contribution in [3.05, 3.63) is 132 Å². The monoisotopic (exact) mass is 792 g/mol. The number of imidazole rings is 1. The molecule has 0 amide bonds. The highest BCUT2D eigenvalue weighted by molar-refractivity contribution is 5.92. The van der Waals surface area contributed by atoms with E-state index in [0.29, 0.717) is 17.6 Å². The Morgan fingerprint density at radius 3 is 1.56 bits per heavy atom. The minimum atomic E-state index is 0. The zero-order chi connectivity index (χ0) is 42.6. The van der Waals surface area contributed by atoms with Crippen LogP contribution in [0.2, 0.25) is 0 Å². The summed E-state index contributed by atoms with van der Waals surface area (Å²) in [5.41, 5.74) is 25.0. The van der Waals surface area contributed by atoms with Gasteiger partial charge in [-0.1, -0.05) is 145 Å². The van der Waals surface area contributed by atoms with Crippen molar-refractivity contribution in [1.82, 2.24) is 30.1 Å². The number of H-pyrrole nitrogens is 1. The van der Waals surface area contributed by atoms with Crippen LogP contribution in [0.3, 0.4) is 0 Å². The minimum absolute atomic E-state index is 0. The van der Waals surface area contributed by atoms with Crippen molar-refractivity contribution < 1.29 is 0 Å². The molecule has 0 aliphatic heterocycles. The third-order valence-electron chi connectivity index (χ3n) is 10.1. The van der Waals surface area contributed by atoms with Crippen molar-refractivity contribution in [3.8, 4) is 0 Å². The topological polar surface area (TPSA) is 158 Å². The Kier molecular flexibility index (Phi) is 13.8. The van der Waals surface area contributed by atoms with Crippen LogP contribution in [0.4, 0.5) is 17.6 Å². The molecule has 0 saturated carbocycles. The second-order valence-electron chi connectivity index (χ2n) is 19.0. The summed E-state index contributed by atoms with van der Waals surface area (Å²) in [5.74, 6) is 1.58. The van der Waals surface area contributed by atoms with Crippen LogP contribution in [0.15, 0.2) is 110 Å². The van der Waals surface area contributed by atoms with Gasteiger partial charge in [-0.05, 0) is 85.0 Å². The average Bonchev–Trinajstić information content (AvgIpc) is 3.53. The number of nitrogen functional groups attached to an aromatic ring is 3. The molecular formula is C50H65N9. The van der Waals surface area contributed by atoms with Gasteiger partial charge in [0.2, 0.25) is 0 Å². The van der Waals surface area contributed by atoms with E-state index in [-0.39, 0.29) is 29.1 Å². The maximum absolute atomic E-state index is 5.80. The molecule has 59 heavy (non-hydrogen) atoms. The highest BCUT2D eigenvalue weighted by atomic mass is 15.1. The zero-order valence-corrected chi connectivity index (χ0v) is 36.4. The van der Waals surface area contributed by atoms with Gasteiger partial charge >= 0.3 is 0 Å². The standard InChI is InChI=1S/C13H16N2.C13H15N.C12H15N3.C11H15N3.CH4/c1-13(2,3)10-4-5-11-9(8-10)6-7-15-12(11)14;1-13(2,3)12-5-4-11-9-14-7-6-10(11)8-12;1-12(2,3)9-4-5-10-8(6-9)7-14-15-11(10)13;1-11(2,3)7-4-5-8-9(6-7)14-10(12)13-8;/h4-8H,1-3H3,(H2,14,15);4-9H,1-3H3;4-7H,1-3H3,(H2,13,15);4-6H,1-3H3,(H3,12,13,14);1H4. The van der Waals surface area contributed by atoms with Crippen LogP contribution in [0.25, 0.3) is 43.4 Å². The zero-order valence-electron chi connectivity index (χ0n) is 36.4. The largest absolute Gasteiger partial charge is 0.383 e. The second-order valence-corrected chi connectivity index (χ2v) is 19.0. The van der Waals surface area contributed by atoms with Gasteiger partial charge in [0.05, 0.1) is 17.2 Å². The summed E-state index contributed by atoms with van der Waals surface area (Å²) < 4.78 is 0. The summed E-state index contributed by atoms with van der Waals surface area (Å²) in [5, 5.41) is 14.4. The number of nitrogens with one attached hydrogen (secondary N) is 1. The van der Waals surface area contributed by atoms with Gasteiger partial charge in [-0.3, -0.25) is 4.98 Å². The summed E-state index contributed by atoms with van der Waals surface area (Å²) >= 11 is 0. The molecule has 310 valence electrons. The smallest absolute Gasteiger partial charge is 0.198 e. The molecular weight excluding hydrogens is 727 g/mol. The van der Waals surface area contributed by atoms with E-state index in [4.69, 9.17) is 17.2 Å². The third-order valence-corrected chi connectivity index (χ3v) is 10.1. The fraction of sp³-hybridized carbons (Fsp3) is 0.340. The molecule has 9 heteroatoms. The van der Waals surface area contributed by atoms with E-state index in [1.807, 2.05) is 30.6 Å². The lowest BCUT2D eigenvalue weighted by Crippen LogP contribution is -2.10. The molecule has 4 aromatic carbocycles. The molecule has 0 radical (unpaired) electrons. The Bertz CT molecular complexity index is 2550. The third kappa shape index (κ3) is 11.7. The maximum atomic E-state index is 5.80. The number of benzene rings is 4. The summed E-state index contributed by atoms with van der Waals surface area (Å²) in [4.78, 5) is 15.4. The van der Waals surface area contributed by atoms with Crippen LogP contribution in [0.5, 0.6) is 0 Å². The van der Waals surface area contributed by atoms with Crippen molar-refractivity contribution >= 4 is 60.9 Å². The molecule has 4 aromatic heterocycles. The van der Waals surface area contributed by atoms with Crippen LogP contribution in [-0.2, 0) is 21.7 Å². The molecule has 0 bridgehead atoms. The molecule has 0 aliphatic rings. The van der Waals surface area contributed by atoms with E-state index < -0.39 is 0 Å². The first-order chi connectivity index (χ1) is 27.0. The van der Waals surface area contributed by atoms with E-state index >= 15 is 0 Å². The van der Waals surface area contributed by atoms with Gasteiger partial charge in [-0.2, -0.15) is 5.10 Å². The molecule has 9 nitrogen and oxygen atoms in total. The van der Waals surface area contributed by atoms with Gasteiger partial charge in [-0.25, -0.2) is 9.97 Å². The first-order valence-corrected chi connectivity index (χ1v) is 19.8. The van der Waals surface area contributed by atoms with Crippen molar-refractivity contribution in [3.63, 3.8) is 0 Å². The molecule has 8 aromatic rings. The lowest BCUT2D eigenvalue weighted by molar-refractivity contribution is 0.591. The lowest BCUT2D eigenvalue weighted by atomic mass is 9.86. The van der Waals surface area contributed by atoms with E-state index in [0.717, 1.165) is 32.6 Å². The van der Waals surface area contributed by atoms with Gasteiger partial charge in [0.1, 0.15) is 5.82 Å². The van der Waals surface area contributed by atoms with Crippen LogP contribution >= 0.6 is 0 Å². The number of nitrogens with two attached hydrogens (primary N) is 3. The van der Waals surface area contributed by atoms with Crippen molar-refractivity contribution in [2.75, 3.05) is 17.2 Å². The molecule has 8 rings (SSSR count). The molecule has 0 fully saturated rings. The highest BCUT2D eigenvalue weighted by Gasteiger charge is 2.17. The number of aromatic amines is 1. The Morgan fingerprint density at radius 1 is 0.475 bits per heavy atom. The first kappa shape index (κ1) is 45.6. The molecule has 0 aliphatic carbocycles. The quantitative estimate of drug-likeness (QED) is 0.118. The van der Waals surface area contributed by atoms with E-state index in [1.54, 1.807) is 12.4 Å². The van der Waals surface area contributed by atoms with Crippen LogP contribution in [-0.4, -0.2) is 30.1 Å². The predicted octanol–water partition coefficient (Wildman–Crippen LogP) is 12.2. The van der Waals surface area contributed by atoms with Crippen LogP contribution in [0, 0.1) is 0 Å². The van der Waals surface area contributed by atoms with Gasteiger partial charge in [-0.15, -0.1) is 5.10 Å². The number of nitrogens with zero attached hydrogens (tertiary/aromatic N) is 5. The molecule has 0 spiro atoms. The molecule has 0 saturated heterocycles. The molecule has 0 unspecified atom stereocenters. The number of anilines is 3. The number of hydrogen-bond acceptors (Lipinski definition) is 8. The predicted molar refractivity (Wildman–Crippen MR) is 254 cm³/mol. The normalized spacial score (nSPS) is 11.8. The van der Waals surface area contributed by atoms with E-state index in [2.05, 4.69) is 180 Å². The molecule has 0 atom stereocenters. The van der Waals surface area contributed by atoms with Crippen LogP contribution in [0.1, 0.15) is 113 Å². The van der Waals surface area contributed by atoms with Gasteiger partial charge < -0.3 is 22.2 Å². The fourth-order valence-corrected chi connectivity index (χ4v) is 6.29. The number of pyridine rings is 2. The van der Waals surface area contributed by atoms with Crippen molar-refractivity contribution in [1.29, 1.82) is 0 Å². The number of hydrogen-bond donors (Lipinski definition) is 4. The summed E-state index contributed by atoms with van der Waals surface area (Å²) in [7, 11) is 0.